The second-order valence-corrected chi connectivity index (χ2v) is 3.67. The second-order valence-electron chi connectivity index (χ2n) is 3.67. The standard InChI is InChI=1S/C12H15N3O2.ClH/c1-17-12-6-9(2-3-11(12)16)10-7-14-15(8-10)5-4-13;/h2-3,6-8,16H,4-5,13H2,1H3;1H. The number of methoxy groups -OCH3 is 1. The lowest BCUT2D eigenvalue weighted by atomic mass is 10.1. The van der Waals surface area contributed by atoms with Crippen molar-refractivity contribution in [3.8, 4) is 22.6 Å². The fraction of sp³-hybridized carbons (Fsp3) is 0.250. The minimum atomic E-state index is 0. The van der Waals surface area contributed by atoms with E-state index in [1.165, 1.54) is 7.11 Å². The van der Waals surface area contributed by atoms with Gasteiger partial charge in [0.25, 0.3) is 0 Å². The first-order valence-corrected chi connectivity index (χ1v) is 5.34. The zero-order valence-electron chi connectivity index (χ0n) is 10.0. The zero-order chi connectivity index (χ0) is 12.3. The third kappa shape index (κ3) is 2.94. The van der Waals surface area contributed by atoms with Gasteiger partial charge in [0.15, 0.2) is 11.5 Å². The molecule has 0 fully saturated rings. The highest BCUT2D eigenvalue weighted by atomic mass is 35.5. The zero-order valence-corrected chi connectivity index (χ0v) is 10.9. The molecule has 98 valence electrons. The molecule has 5 nitrogen and oxygen atoms in total. The highest BCUT2D eigenvalue weighted by Gasteiger charge is 2.06. The molecule has 0 amide bonds. The van der Waals surface area contributed by atoms with Gasteiger partial charge in [-0.3, -0.25) is 4.68 Å². The van der Waals surface area contributed by atoms with Crippen molar-refractivity contribution in [2.24, 2.45) is 5.73 Å². The Labute approximate surface area is 112 Å². The van der Waals surface area contributed by atoms with E-state index in [1.807, 2.05) is 12.3 Å². The van der Waals surface area contributed by atoms with Crippen LogP contribution in [0.1, 0.15) is 0 Å². The number of hydrogen-bond acceptors (Lipinski definition) is 4. The average molecular weight is 270 g/mol. The van der Waals surface area contributed by atoms with Crippen LogP contribution in [0.15, 0.2) is 30.6 Å². The Balaban J connectivity index is 0.00000162. The van der Waals surface area contributed by atoms with Crippen LogP contribution >= 0.6 is 12.4 Å². The summed E-state index contributed by atoms with van der Waals surface area (Å²) in [5.41, 5.74) is 7.38. The Kier molecular flexibility index (Phi) is 5.00. The second kappa shape index (κ2) is 6.28. The molecular formula is C12H16ClN3O2. The van der Waals surface area contributed by atoms with Gasteiger partial charge in [0.1, 0.15) is 0 Å². The molecule has 6 heteroatoms. The number of nitrogens with zero attached hydrogens (tertiary/aromatic N) is 2. The summed E-state index contributed by atoms with van der Waals surface area (Å²) < 4.78 is 6.85. The van der Waals surface area contributed by atoms with Crippen LogP contribution < -0.4 is 10.5 Å². The molecule has 2 aromatic rings. The van der Waals surface area contributed by atoms with Crippen LogP contribution in [-0.2, 0) is 6.54 Å². The maximum Gasteiger partial charge on any atom is 0.161 e. The molecule has 1 aromatic carbocycles. The molecule has 0 unspecified atom stereocenters. The number of rotatable bonds is 4. The number of nitrogens with two attached hydrogens (primary N) is 1. The summed E-state index contributed by atoms with van der Waals surface area (Å²) in [6.07, 6.45) is 3.68. The van der Waals surface area contributed by atoms with Gasteiger partial charge < -0.3 is 15.6 Å². The minimum absolute atomic E-state index is 0. The summed E-state index contributed by atoms with van der Waals surface area (Å²) >= 11 is 0. The molecule has 0 saturated heterocycles. The summed E-state index contributed by atoms with van der Waals surface area (Å²) in [6.45, 7) is 1.25. The van der Waals surface area contributed by atoms with Crippen molar-refractivity contribution in [3.63, 3.8) is 0 Å². The minimum Gasteiger partial charge on any atom is -0.504 e. The van der Waals surface area contributed by atoms with Crippen molar-refractivity contribution in [2.75, 3.05) is 13.7 Å². The summed E-state index contributed by atoms with van der Waals surface area (Å²) in [5.74, 6) is 0.583. The van der Waals surface area contributed by atoms with Gasteiger partial charge in [0, 0.05) is 18.3 Å². The van der Waals surface area contributed by atoms with E-state index in [0.29, 0.717) is 18.8 Å². The number of hydrogen-bond donors (Lipinski definition) is 2. The molecule has 1 aromatic heterocycles. The predicted octanol–water partition coefficient (Wildman–Crippen LogP) is 1.64. The van der Waals surface area contributed by atoms with Crippen molar-refractivity contribution in [3.05, 3.63) is 30.6 Å². The van der Waals surface area contributed by atoms with E-state index in [0.717, 1.165) is 11.1 Å². The normalized spacial score (nSPS) is 9.89. The van der Waals surface area contributed by atoms with E-state index in [4.69, 9.17) is 10.5 Å². The first-order chi connectivity index (χ1) is 8.24. The lowest BCUT2D eigenvalue weighted by Crippen LogP contribution is -2.09. The number of phenolic OH excluding ortho intramolecular Hbond substituents is 1. The third-order valence-corrected chi connectivity index (χ3v) is 2.50. The Morgan fingerprint density at radius 2 is 2.17 bits per heavy atom. The van der Waals surface area contributed by atoms with Crippen LogP contribution in [0.3, 0.4) is 0 Å². The fourth-order valence-corrected chi connectivity index (χ4v) is 1.62. The number of aromatic nitrogens is 2. The Bertz CT molecular complexity index is 514. The third-order valence-electron chi connectivity index (χ3n) is 2.50. The first kappa shape index (κ1) is 14.3. The van der Waals surface area contributed by atoms with Gasteiger partial charge in [-0.25, -0.2) is 0 Å². The van der Waals surface area contributed by atoms with Gasteiger partial charge in [-0.05, 0) is 17.7 Å². The van der Waals surface area contributed by atoms with Gasteiger partial charge in [-0.2, -0.15) is 5.10 Å². The van der Waals surface area contributed by atoms with Crippen molar-refractivity contribution in [1.82, 2.24) is 9.78 Å². The molecule has 2 rings (SSSR count). The molecular weight excluding hydrogens is 254 g/mol. The predicted molar refractivity (Wildman–Crippen MR) is 72.2 cm³/mol. The highest BCUT2D eigenvalue weighted by Crippen LogP contribution is 2.31. The number of ether oxygens (including phenoxy) is 1. The molecule has 0 aliphatic carbocycles. The van der Waals surface area contributed by atoms with E-state index in [1.54, 1.807) is 23.0 Å². The smallest absolute Gasteiger partial charge is 0.161 e. The van der Waals surface area contributed by atoms with Crippen molar-refractivity contribution in [1.29, 1.82) is 0 Å². The largest absolute Gasteiger partial charge is 0.504 e. The molecule has 0 aliphatic heterocycles. The number of phenols is 1. The maximum atomic E-state index is 9.51. The molecule has 0 radical (unpaired) electrons. The van der Waals surface area contributed by atoms with Crippen LogP contribution in [0.25, 0.3) is 11.1 Å². The lowest BCUT2D eigenvalue weighted by molar-refractivity contribution is 0.373. The maximum absolute atomic E-state index is 9.51. The summed E-state index contributed by atoms with van der Waals surface area (Å²) in [4.78, 5) is 0. The van der Waals surface area contributed by atoms with E-state index in [2.05, 4.69) is 5.10 Å². The molecule has 3 N–H and O–H groups in total. The van der Waals surface area contributed by atoms with Crippen molar-refractivity contribution in [2.45, 2.75) is 6.54 Å². The SMILES string of the molecule is COc1cc(-c2cnn(CCN)c2)ccc1O.Cl. The monoisotopic (exact) mass is 269 g/mol. The molecule has 0 spiro atoms. The van der Waals surface area contributed by atoms with Crippen LogP contribution in [0.5, 0.6) is 11.5 Å². The van der Waals surface area contributed by atoms with Crippen molar-refractivity contribution < 1.29 is 9.84 Å². The molecule has 18 heavy (non-hydrogen) atoms. The van der Waals surface area contributed by atoms with Gasteiger partial charge >= 0.3 is 0 Å². The van der Waals surface area contributed by atoms with Gasteiger partial charge in [-0.15, -0.1) is 12.4 Å². The van der Waals surface area contributed by atoms with Crippen LogP contribution in [-0.4, -0.2) is 28.5 Å². The van der Waals surface area contributed by atoms with Crippen LogP contribution in [0, 0.1) is 0 Å². The lowest BCUT2D eigenvalue weighted by Gasteiger charge is -2.04. The summed E-state index contributed by atoms with van der Waals surface area (Å²) in [5, 5.41) is 13.7. The van der Waals surface area contributed by atoms with E-state index < -0.39 is 0 Å². The molecule has 0 bridgehead atoms. The van der Waals surface area contributed by atoms with E-state index in [9.17, 15) is 5.11 Å². The fourth-order valence-electron chi connectivity index (χ4n) is 1.62. The van der Waals surface area contributed by atoms with Gasteiger partial charge in [-0.1, -0.05) is 6.07 Å². The molecule has 0 aliphatic rings. The van der Waals surface area contributed by atoms with Crippen molar-refractivity contribution >= 4 is 12.4 Å². The Hall–Kier alpha value is -1.72. The summed E-state index contributed by atoms with van der Waals surface area (Å²) in [7, 11) is 1.52. The number of halogens is 1. The number of aromatic hydroxyl groups is 1. The van der Waals surface area contributed by atoms with Crippen LogP contribution in [0.2, 0.25) is 0 Å². The topological polar surface area (TPSA) is 73.3 Å². The van der Waals surface area contributed by atoms with Crippen LogP contribution in [0.4, 0.5) is 0 Å². The molecule has 0 saturated carbocycles. The van der Waals surface area contributed by atoms with Gasteiger partial charge in [0.2, 0.25) is 0 Å². The number of benzene rings is 1. The first-order valence-electron chi connectivity index (χ1n) is 5.34. The Morgan fingerprint density at radius 1 is 1.39 bits per heavy atom. The van der Waals surface area contributed by atoms with Gasteiger partial charge in [0.05, 0.1) is 19.9 Å². The summed E-state index contributed by atoms with van der Waals surface area (Å²) in [6, 6.07) is 5.20. The Morgan fingerprint density at radius 3 is 2.83 bits per heavy atom. The molecule has 1 heterocycles. The quantitative estimate of drug-likeness (QED) is 0.885. The van der Waals surface area contributed by atoms with E-state index in [-0.39, 0.29) is 18.2 Å². The van der Waals surface area contributed by atoms with E-state index >= 15 is 0 Å². The average Bonchev–Trinajstić information content (AvgIpc) is 2.79. The highest BCUT2D eigenvalue weighted by molar-refractivity contribution is 5.85. The molecule has 0 atom stereocenters.